The standard InChI is InChI=1S/C11H11N3O2S/c1-7-9(10(15)16)17-11(14-7)13-6-8-4-2-3-5-12-8/h2-5H,6H2,1H3,(H,13,14)(H,15,16). The summed E-state index contributed by atoms with van der Waals surface area (Å²) in [6.07, 6.45) is 1.72. The zero-order chi connectivity index (χ0) is 12.3. The summed E-state index contributed by atoms with van der Waals surface area (Å²) in [5, 5.41) is 12.6. The Morgan fingerprint density at radius 2 is 2.35 bits per heavy atom. The van der Waals surface area contributed by atoms with E-state index in [0.717, 1.165) is 17.0 Å². The Balaban J connectivity index is 2.05. The van der Waals surface area contributed by atoms with Gasteiger partial charge < -0.3 is 10.4 Å². The maximum absolute atomic E-state index is 10.8. The fourth-order valence-electron chi connectivity index (χ4n) is 1.34. The molecular formula is C11H11N3O2S. The van der Waals surface area contributed by atoms with Crippen molar-refractivity contribution in [2.24, 2.45) is 0 Å². The monoisotopic (exact) mass is 249 g/mol. The number of rotatable bonds is 4. The van der Waals surface area contributed by atoms with E-state index in [9.17, 15) is 4.79 Å². The summed E-state index contributed by atoms with van der Waals surface area (Å²) in [6.45, 7) is 2.22. The highest BCUT2D eigenvalue weighted by Gasteiger charge is 2.13. The lowest BCUT2D eigenvalue weighted by Crippen LogP contribution is -2.00. The zero-order valence-electron chi connectivity index (χ0n) is 9.17. The van der Waals surface area contributed by atoms with Crippen molar-refractivity contribution >= 4 is 22.4 Å². The Bertz CT molecular complexity index is 525. The Kier molecular flexibility index (Phi) is 3.34. The van der Waals surface area contributed by atoms with E-state index in [1.807, 2.05) is 18.2 Å². The van der Waals surface area contributed by atoms with Gasteiger partial charge in [0.15, 0.2) is 5.13 Å². The third kappa shape index (κ3) is 2.79. The van der Waals surface area contributed by atoms with Gasteiger partial charge in [-0.05, 0) is 19.1 Å². The molecule has 0 bridgehead atoms. The lowest BCUT2D eigenvalue weighted by molar-refractivity contribution is 0.0701. The summed E-state index contributed by atoms with van der Waals surface area (Å²) >= 11 is 1.14. The number of carboxylic acids is 1. The van der Waals surface area contributed by atoms with E-state index in [2.05, 4.69) is 15.3 Å². The van der Waals surface area contributed by atoms with Crippen LogP contribution in [0.15, 0.2) is 24.4 Å². The second-order valence-electron chi connectivity index (χ2n) is 3.41. The van der Waals surface area contributed by atoms with Crippen LogP contribution in [0.25, 0.3) is 0 Å². The van der Waals surface area contributed by atoms with Gasteiger partial charge >= 0.3 is 5.97 Å². The normalized spacial score (nSPS) is 10.2. The van der Waals surface area contributed by atoms with Crippen LogP contribution in [-0.2, 0) is 6.54 Å². The fourth-order valence-corrected chi connectivity index (χ4v) is 2.14. The zero-order valence-corrected chi connectivity index (χ0v) is 9.99. The van der Waals surface area contributed by atoms with Crippen molar-refractivity contribution < 1.29 is 9.90 Å². The Morgan fingerprint density at radius 3 is 2.94 bits per heavy atom. The highest BCUT2D eigenvalue weighted by Crippen LogP contribution is 2.22. The number of carboxylic acid groups (broad SMARTS) is 1. The van der Waals surface area contributed by atoms with E-state index >= 15 is 0 Å². The van der Waals surface area contributed by atoms with Gasteiger partial charge in [0.2, 0.25) is 0 Å². The van der Waals surface area contributed by atoms with Crippen LogP contribution in [0.4, 0.5) is 5.13 Å². The average Bonchev–Trinajstić information content (AvgIpc) is 2.69. The molecule has 17 heavy (non-hydrogen) atoms. The quantitative estimate of drug-likeness (QED) is 0.868. The van der Waals surface area contributed by atoms with E-state index in [1.54, 1.807) is 13.1 Å². The van der Waals surface area contributed by atoms with Gasteiger partial charge in [-0.1, -0.05) is 17.4 Å². The molecule has 2 heterocycles. The Labute approximate surface area is 102 Å². The number of nitrogens with one attached hydrogen (secondary N) is 1. The van der Waals surface area contributed by atoms with Crippen LogP contribution in [-0.4, -0.2) is 21.0 Å². The molecule has 88 valence electrons. The second kappa shape index (κ2) is 4.92. The number of hydrogen-bond donors (Lipinski definition) is 2. The maximum atomic E-state index is 10.8. The van der Waals surface area contributed by atoms with Crippen LogP contribution in [0.2, 0.25) is 0 Å². The molecule has 0 saturated heterocycles. The number of anilines is 1. The maximum Gasteiger partial charge on any atom is 0.347 e. The van der Waals surface area contributed by atoms with E-state index < -0.39 is 5.97 Å². The molecule has 2 rings (SSSR count). The molecule has 6 heteroatoms. The third-order valence-electron chi connectivity index (χ3n) is 2.14. The first-order valence-corrected chi connectivity index (χ1v) is 5.83. The van der Waals surface area contributed by atoms with Gasteiger partial charge in [0.1, 0.15) is 4.88 Å². The lowest BCUT2D eigenvalue weighted by atomic mass is 10.3. The highest BCUT2D eigenvalue weighted by molar-refractivity contribution is 7.17. The van der Waals surface area contributed by atoms with Crippen LogP contribution >= 0.6 is 11.3 Å². The number of thiazole rings is 1. The minimum Gasteiger partial charge on any atom is -0.477 e. The summed E-state index contributed by atoms with van der Waals surface area (Å²) in [5.74, 6) is -0.939. The van der Waals surface area contributed by atoms with Crippen LogP contribution in [0.1, 0.15) is 21.1 Å². The second-order valence-corrected chi connectivity index (χ2v) is 4.41. The Morgan fingerprint density at radius 1 is 1.53 bits per heavy atom. The number of nitrogens with zero attached hydrogens (tertiary/aromatic N) is 2. The van der Waals surface area contributed by atoms with Crippen molar-refractivity contribution in [1.82, 2.24) is 9.97 Å². The minimum absolute atomic E-state index is 0.272. The molecule has 0 aliphatic carbocycles. The highest BCUT2D eigenvalue weighted by atomic mass is 32.1. The number of carbonyl (C=O) groups is 1. The smallest absolute Gasteiger partial charge is 0.347 e. The third-order valence-corrected chi connectivity index (χ3v) is 3.24. The Hall–Kier alpha value is -1.95. The van der Waals surface area contributed by atoms with Crippen molar-refractivity contribution in [1.29, 1.82) is 0 Å². The van der Waals surface area contributed by atoms with Crippen molar-refractivity contribution in [2.45, 2.75) is 13.5 Å². The first-order valence-electron chi connectivity index (χ1n) is 5.01. The number of hydrogen-bond acceptors (Lipinski definition) is 5. The number of aromatic nitrogens is 2. The van der Waals surface area contributed by atoms with E-state index in [4.69, 9.17) is 5.11 Å². The molecule has 2 aromatic rings. The van der Waals surface area contributed by atoms with Gasteiger partial charge in [0.05, 0.1) is 17.9 Å². The fraction of sp³-hybridized carbons (Fsp3) is 0.182. The van der Waals surface area contributed by atoms with Crippen LogP contribution in [0.5, 0.6) is 0 Å². The van der Waals surface area contributed by atoms with Crippen LogP contribution < -0.4 is 5.32 Å². The molecule has 2 N–H and O–H groups in total. The van der Waals surface area contributed by atoms with Gasteiger partial charge in [-0.25, -0.2) is 9.78 Å². The molecule has 0 amide bonds. The summed E-state index contributed by atoms with van der Waals surface area (Å²) in [4.78, 5) is 19.4. The summed E-state index contributed by atoms with van der Waals surface area (Å²) < 4.78 is 0. The largest absolute Gasteiger partial charge is 0.477 e. The minimum atomic E-state index is -0.939. The predicted molar refractivity (Wildman–Crippen MR) is 65.4 cm³/mol. The SMILES string of the molecule is Cc1nc(NCc2ccccn2)sc1C(=O)O. The summed E-state index contributed by atoms with van der Waals surface area (Å²) in [5.41, 5.74) is 1.42. The van der Waals surface area contributed by atoms with Gasteiger partial charge in [-0.2, -0.15) is 0 Å². The number of pyridine rings is 1. The molecule has 5 nitrogen and oxygen atoms in total. The van der Waals surface area contributed by atoms with E-state index in [-0.39, 0.29) is 4.88 Å². The molecule has 0 atom stereocenters. The average molecular weight is 249 g/mol. The van der Waals surface area contributed by atoms with E-state index in [1.165, 1.54) is 0 Å². The molecule has 0 aliphatic heterocycles. The topological polar surface area (TPSA) is 75.1 Å². The molecule has 0 fully saturated rings. The molecule has 0 radical (unpaired) electrons. The molecule has 2 aromatic heterocycles. The van der Waals surface area contributed by atoms with Crippen molar-refractivity contribution in [3.8, 4) is 0 Å². The van der Waals surface area contributed by atoms with Crippen molar-refractivity contribution in [3.05, 3.63) is 40.7 Å². The molecule has 0 unspecified atom stereocenters. The summed E-state index contributed by atoms with van der Waals surface area (Å²) in [7, 11) is 0. The van der Waals surface area contributed by atoms with E-state index in [0.29, 0.717) is 17.4 Å². The van der Waals surface area contributed by atoms with Gasteiger partial charge in [-0.3, -0.25) is 4.98 Å². The van der Waals surface area contributed by atoms with Crippen molar-refractivity contribution in [2.75, 3.05) is 5.32 Å². The summed E-state index contributed by atoms with van der Waals surface area (Å²) in [6, 6.07) is 5.64. The predicted octanol–water partition coefficient (Wildman–Crippen LogP) is 2.16. The van der Waals surface area contributed by atoms with Gasteiger partial charge in [-0.15, -0.1) is 0 Å². The van der Waals surface area contributed by atoms with Crippen LogP contribution in [0.3, 0.4) is 0 Å². The van der Waals surface area contributed by atoms with Gasteiger partial charge in [0.25, 0.3) is 0 Å². The molecular weight excluding hydrogens is 238 g/mol. The molecule has 0 aromatic carbocycles. The molecule has 0 spiro atoms. The van der Waals surface area contributed by atoms with Crippen LogP contribution in [0, 0.1) is 6.92 Å². The molecule has 0 saturated carbocycles. The van der Waals surface area contributed by atoms with Crippen molar-refractivity contribution in [3.63, 3.8) is 0 Å². The first kappa shape index (κ1) is 11.5. The molecule has 0 aliphatic rings. The number of aromatic carboxylic acids is 1. The number of aryl methyl sites for hydroxylation is 1. The lowest BCUT2D eigenvalue weighted by Gasteiger charge is -2.00. The first-order chi connectivity index (χ1) is 8.16. The van der Waals surface area contributed by atoms with Gasteiger partial charge in [0, 0.05) is 6.20 Å².